The van der Waals surface area contributed by atoms with Crippen molar-refractivity contribution in [1.29, 1.82) is 0 Å². The lowest BCUT2D eigenvalue weighted by Gasteiger charge is -2.12. The molecule has 1 aromatic carbocycles. The molecule has 7 nitrogen and oxygen atoms in total. The number of hydrogen-bond acceptors (Lipinski definition) is 4. The smallest absolute Gasteiger partial charge is 0.335 e. The maximum Gasteiger partial charge on any atom is 0.335 e. The number of H-pyrrole nitrogens is 1. The molecule has 1 aromatic heterocycles. The van der Waals surface area contributed by atoms with Crippen LogP contribution >= 0.6 is 15.9 Å². The van der Waals surface area contributed by atoms with Gasteiger partial charge >= 0.3 is 5.97 Å². The first-order valence-electron chi connectivity index (χ1n) is 5.78. The topological polar surface area (TPSA) is 112 Å². The van der Waals surface area contributed by atoms with E-state index in [1.165, 1.54) is 12.3 Å². The van der Waals surface area contributed by atoms with Gasteiger partial charge in [-0.2, -0.15) is 5.10 Å². The fourth-order valence-corrected chi connectivity index (χ4v) is 3.67. The number of aromatic carboxylic acids is 1. The van der Waals surface area contributed by atoms with Gasteiger partial charge in [0.15, 0.2) is 0 Å². The van der Waals surface area contributed by atoms with E-state index in [0.29, 0.717) is 15.6 Å². The molecule has 21 heavy (non-hydrogen) atoms. The lowest BCUT2D eigenvalue weighted by atomic mass is 10.1. The van der Waals surface area contributed by atoms with Gasteiger partial charge in [0.1, 0.15) is 5.82 Å². The maximum absolute atomic E-state index is 12.4. The predicted molar refractivity (Wildman–Crippen MR) is 80.0 cm³/mol. The van der Waals surface area contributed by atoms with Crippen LogP contribution in [0.1, 0.15) is 21.5 Å². The number of carboxylic acid groups (broad SMARTS) is 1. The van der Waals surface area contributed by atoms with E-state index < -0.39 is 16.0 Å². The number of anilines is 1. The molecule has 112 valence electrons. The molecule has 0 saturated heterocycles. The Morgan fingerprint density at radius 2 is 2.05 bits per heavy atom. The minimum atomic E-state index is -3.93. The van der Waals surface area contributed by atoms with Crippen molar-refractivity contribution < 1.29 is 18.3 Å². The Morgan fingerprint density at radius 1 is 1.38 bits per heavy atom. The molecular formula is C12H12BrN3O4S. The first-order chi connectivity index (χ1) is 9.72. The van der Waals surface area contributed by atoms with Gasteiger partial charge in [0.25, 0.3) is 10.0 Å². The quantitative estimate of drug-likeness (QED) is 0.760. The molecule has 0 saturated carbocycles. The SMILES string of the molecule is Cc1cn[nH]c1NS(=O)(=O)c1cc(C(=O)O)cc(Br)c1C. The van der Waals surface area contributed by atoms with Crippen LogP contribution in [0.2, 0.25) is 0 Å². The van der Waals surface area contributed by atoms with E-state index in [0.717, 1.165) is 6.07 Å². The normalized spacial score (nSPS) is 11.4. The van der Waals surface area contributed by atoms with Gasteiger partial charge < -0.3 is 5.11 Å². The summed E-state index contributed by atoms with van der Waals surface area (Å²) in [5.74, 6) is -0.962. The van der Waals surface area contributed by atoms with Crippen molar-refractivity contribution >= 4 is 37.7 Å². The minimum absolute atomic E-state index is 0.108. The van der Waals surface area contributed by atoms with Crippen LogP contribution in [-0.2, 0) is 10.0 Å². The van der Waals surface area contributed by atoms with Gasteiger partial charge in [-0.05, 0) is 31.5 Å². The molecule has 2 rings (SSSR count). The highest BCUT2D eigenvalue weighted by Gasteiger charge is 2.22. The summed E-state index contributed by atoms with van der Waals surface area (Å²) in [4.78, 5) is 11.0. The van der Waals surface area contributed by atoms with Gasteiger partial charge in [0, 0.05) is 10.0 Å². The van der Waals surface area contributed by atoms with Gasteiger partial charge in [-0.3, -0.25) is 9.82 Å². The Kier molecular flexibility index (Phi) is 4.06. The van der Waals surface area contributed by atoms with E-state index in [1.54, 1.807) is 13.8 Å². The van der Waals surface area contributed by atoms with Crippen LogP contribution in [0.3, 0.4) is 0 Å². The van der Waals surface area contributed by atoms with E-state index in [4.69, 9.17) is 5.11 Å². The van der Waals surface area contributed by atoms with Crippen LogP contribution < -0.4 is 4.72 Å². The number of nitrogens with zero attached hydrogens (tertiary/aromatic N) is 1. The third-order valence-electron chi connectivity index (χ3n) is 2.90. The molecule has 2 aromatic rings. The van der Waals surface area contributed by atoms with Crippen LogP contribution in [0.5, 0.6) is 0 Å². The van der Waals surface area contributed by atoms with Gasteiger partial charge in [-0.25, -0.2) is 13.2 Å². The number of rotatable bonds is 4. The summed E-state index contributed by atoms with van der Waals surface area (Å²) >= 11 is 3.17. The van der Waals surface area contributed by atoms with Crippen LogP contribution in [0.4, 0.5) is 5.82 Å². The number of hydrogen-bond donors (Lipinski definition) is 3. The van der Waals surface area contributed by atoms with Gasteiger partial charge in [0.05, 0.1) is 16.7 Å². The molecule has 0 spiro atoms. The second-order valence-electron chi connectivity index (χ2n) is 4.42. The molecule has 0 bridgehead atoms. The van der Waals surface area contributed by atoms with Crippen molar-refractivity contribution in [1.82, 2.24) is 10.2 Å². The highest BCUT2D eigenvalue weighted by atomic mass is 79.9. The van der Waals surface area contributed by atoms with Crippen molar-refractivity contribution in [3.05, 3.63) is 39.5 Å². The Bertz CT molecular complexity index is 814. The molecular weight excluding hydrogens is 362 g/mol. The summed E-state index contributed by atoms with van der Waals surface area (Å²) in [7, 11) is -3.93. The van der Waals surface area contributed by atoms with Crippen molar-refractivity contribution in [2.24, 2.45) is 0 Å². The first-order valence-corrected chi connectivity index (χ1v) is 8.06. The summed E-state index contributed by atoms with van der Waals surface area (Å²) in [5, 5.41) is 15.3. The Labute approximate surface area is 129 Å². The van der Waals surface area contributed by atoms with E-state index in [2.05, 4.69) is 30.8 Å². The van der Waals surface area contributed by atoms with Crippen LogP contribution in [0.15, 0.2) is 27.7 Å². The van der Waals surface area contributed by atoms with Crippen LogP contribution in [0, 0.1) is 13.8 Å². The molecule has 0 aliphatic rings. The largest absolute Gasteiger partial charge is 0.478 e. The lowest BCUT2D eigenvalue weighted by molar-refractivity contribution is 0.0696. The zero-order chi connectivity index (χ0) is 15.8. The van der Waals surface area contributed by atoms with E-state index in [-0.39, 0.29) is 16.3 Å². The van der Waals surface area contributed by atoms with E-state index in [9.17, 15) is 13.2 Å². The van der Waals surface area contributed by atoms with E-state index in [1.807, 2.05) is 0 Å². The number of halogens is 1. The molecule has 0 aliphatic heterocycles. The monoisotopic (exact) mass is 373 g/mol. The summed E-state index contributed by atoms with van der Waals surface area (Å²) in [5.41, 5.74) is 0.934. The Morgan fingerprint density at radius 3 is 2.57 bits per heavy atom. The third-order valence-corrected chi connectivity index (χ3v) is 5.20. The summed E-state index contributed by atoms with van der Waals surface area (Å²) in [6, 6.07) is 2.48. The van der Waals surface area contributed by atoms with Gasteiger partial charge in [-0.15, -0.1) is 0 Å². The number of aromatic nitrogens is 2. The molecule has 1 heterocycles. The summed E-state index contributed by atoms with van der Waals surface area (Å²) in [6.07, 6.45) is 1.48. The van der Waals surface area contributed by atoms with Crippen LogP contribution in [-0.4, -0.2) is 29.7 Å². The molecule has 0 amide bonds. The van der Waals surface area contributed by atoms with Crippen molar-refractivity contribution in [2.45, 2.75) is 18.7 Å². The molecule has 3 N–H and O–H groups in total. The summed E-state index contributed by atoms with van der Waals surface area (Å²) < 4.78 is 27.6. The maximum atomic E-state index is 12.4. The fraction of sp³-hybridized carbons (Fsp3) is 0.167. The fourth-order valence-electron chi connectivity index (χ4n) is 1.70. The number of nitrogens with one attached hydrogen (secondary N) is 2. The van der Waals surface area contributed by atoms with Crippen LogP contribution in [0.25, 0.3) is 0 Å². The number of aromatic amines is 1. The average molecular weight is 374 g/mol. The number of sulfonamides is 1. The zero-order valence-electron chi connectivity index (χ0n) is 11.1. The van der Waals surface area contributed by atoms with Gasteiger partial charge in [-0.1, -0.05) is 15.9 Å². The van der Waals surface area contributed by atoms with E-state index >= 15 is 0 Å². The third kappa shape index (κ3) is 3.08. The number of carbonyl (C=O) groups is 1. The Balaban J connectivity index is 2.54. The summed E-state index contributed by atoms with van der Waals surface area (Å²) in [6.45, 7) is 3.28. The minimum Gasteiger partial charge on any atom is -0.478 e. The molecule has 0 unspecified atom stereocenters. The first kappa shape index (κ1) is 15.5. The lowest BCUT2D eigenvalue weighted by Crippen LogP contribution is -2.16. The average Bonchev–Trinajstić information content (AvgIpc) is 2.77. The second-order valence-corrected chi connectivity index (χ2v) is 6.93. The van der Waals surface area contributed by atoms with Crippen molar-refractivity contribution in [2.75, 3.05) is 4.72 Å². The second kappa shape index (κ2) is 5.49. The van der Waals surface area contributed by atoms with Crippen molar-refractivity contribution in [3.63, 3.8) is 0 Å². The van der Waals surface area contributed by atoms with Gasteiger partial charge in [0.2, 0.25) is 0 Å². The number of aryl methyl sites for hydroxylation is 1. The molecule has 0 fully saturated rings. The molecule has 0 radical (unpaired) electrons. The zero-order valence-corrected chi connectivity index (χ0v) is 13.5. The molecule has 9 heteroatoms. The molecule has 0 aliphatic carbocycles. The highest BCUT2D eigenvalue weighted by Crippen LogP contribution is 2.27. The molecule has 0 atom stereocenters. The number of benzene rings is 1. The Hall–Kier alpha value is -1.87. The predicted octanol–water partition coefficient (Wildman–Crippen LogP) is 2.29. The standard InChI is InChI=1S/C12H12BrN3O4S/c1-6-5-14-15-11(6)16-21(19,20)10-4-8(12(17)18)3-9(13)7(10)2/h3-5H,1-2H3,(H,17,18)(H2,14,15,16). The van der Waals surface area contributed by atoms with Crippen molar-refractivity contribution in [3.8, 4) is 0 Å². The number of carboxylic acids is 1. The highest BCUT2D eigenvalue weighted by molar-refractivity contribution is 9.10.